The van der Waals surface area contributed by atoms with E-state index in [2.05, 4.69) is 46.7 Å². The number of hydrogen-bond acceptors (Lipinski definition) is 4. The van der Waals surface area contributed by atoms with Gasteiger partial charge in [0.2, 0.25) is 5.71 Å². The van der Waals surface area contributed by atoms with E-state index in [1.807, 2.05) is 60.8 Å². The van der Waals surface area contributed by atoms with Gasteiger partial charge in [-0.3, -0.25) is 0 Å². The van der Waals surface area contributed by atoms with Gasteiger partial charge in [0, 0.05) is 51.8 Å². The van der Waals surface area contributed by atoms with Crippen LogP contribution in [-0.4, -0.2) is 23.0 Å². The molecule has 2 aliphatic carbocycles. The summed E-state index contributed by atoms with van der Waals surface area (Å²) in [5.41, 5.74) is 5.88. The van der Waals surface area contributed by atoms with Crippen molar-refractivity contribution in [1.82, 2.24) is 15.0 Å². The molecule has 2 fully saturated rings. The molecule has 0 spiro atoms. The number of hydrogen-bond donors (Lipinski definition) is 0. The molecule has 6 aromatic rings. The van der Waals surface area contributed by atoms with E-state index in [9.17, 15) is 0 Å². The molecule has 49 heavy (non-hydrogen) atoms. The number of rotatable bonds is 6. The van der Waals surface area contributed by atoms with E-state index < -0.39 is 27.2 Å². The van der Waals surface area contributed by atoms with Gasteiger partial charge in [0.05, 0.1) is 13.7 Å². The zero-order valence-corrected chi connectivity index (χ0v) is 31.9. The SMILES string of the molecule is [2H]C([2H])([2H])c1ccc2c(n1)oc1c(-c3cc(C4([2H])CCCCC4)ccn3)[c-]ccc12.[2H]C([2H])(c1cc(-c2[c-]cccc2)ncc1[Si](C)(C)C)C1CCCC1.[Ir]. The molecular weight excluding hydrogens is 795 g/mol. The molecular formula is C43H47IrN3OSi-2. The standard InChI is InChI=1S/C23H21N2O.C20H26NSi.Ir/c1-15-10-11-19-18-8-5-9-20(22(18)26-23(19)25-15)21-14-17(12-13-24-21)16-6-3-2-4-7-16;1-22(2,3)20-15-21-19(17-11-5-4-6-12-17)14-18(20)13-16-9-7-8-10-16;/h5,8,10-14,16H,2-4,6-7H2,1H3;4-6,11,14-16H,7-10,13H2,1-3H3;/q2*-1;/i1D3,16D;13D2;. The van der Waals surface area contributed by atoms with E-state index in [0.29, 0.717) is 22.6 Å². The van der Waals surface area contributed by atoms with E-state index in [-0.39, 0.29) is 31.7 Å². The molecule has 4 heterocycles. The molecule has 2 saturated carbocycles. The minimum Gasteiger partial charge on any atom is -0.486 e. The number of pyridine rings is 3. The molecule has 0 atom stereocenters. The summed E-state index contributed by atoms with van der Waals surface area (Å²) in [5.74, 6) is -0.448. The Morgan fingerprint density at radius 1 is 0.878 bits per heavy atom. The first-order valence-corrected chi connectivity index (χ1v) is 20.8. The van der Waals surface area contributed by atoms with Gasteiger partial charge in [-0.1, -0.05) is 98.8 Å². The van der Waals surface area contributed by atoms with Crippen molar-refractivity contribution < 1.29 is 32.7 Å². The maximum Gasteiger partial charge on any atom is 0.216 e. The molecule has 0 unspecified atom stereocenters. The molecule has 0 N–H and O–H groups in total. The van der Waals surface area contributed by atoms with Crippen LogP contribution in [0.15, 0.2) is 83.5 Å². The molecule has 6 heteroatoms. The summed E-state index contributed by atoms with van der Waals surface area (Å²) in [5, 5.41) is 2.75. The topological polar surface area (TPSA) is 51.8 Å². The average Bonchev–Trinajstić information content (AvgIpc) is 3.84. The van der Waals surface area contributed by atoms with Crippen LogP contribution >= 0.6 is 0 Å². The second kappa shape index (κ2) is 15.6. The number of nitrogens with zero attached hydrogens (tertiary/aromatic N) is 3. The van der Waals surface area contributed by atoms with Crippen molar-refractivity contribution in [2.75, 3.05) is 0 Å². The molecule has 0 aliphatic heterocycles. The number of aryl methyl sites for hydroxylation is 1. The fraction of sp³-hybridized carbons (Fsp3) is 0.372. The van der Waals surface area contributed by atoms with Crippen LogP contribution in [0.5, 0.6) is 0 Å². The maximum absolute atomic E-state index is 8.93. The van der Waals surface area contributed by atoms with E-state index in [1.54, 1.807) is 12.3 Å². The maximum atomic E-state index is 8.93. The Bertz CT molecular complexity index is 2260. The van der Waals surface area contributed by atoms with Gasteiger partial charge in [-0.2, -0.15) is 0 Å². The Morgan fingerprint density at radius 3 is 2.45 bits per heavy atom. The Morgan fingerprint density at radius 2 is 1.69 bits per heavy atom. The summed E-state index contributed by atoms with van der Waals surface area (Å²) in [6.07, 6.45) is 11.7. The van der Waals surface area contributed by atoms with Crippen LogP contribution in [0, 0.1) is 24.9 Å². The molecule has 0 amide bonds. The molecule has 1 radical (unpaired) electrons. The molecule has 0 bridgehead atoms. The van der Waals surface area contributed by atoms with Gasteiger partial charge < -0.3 is 14.4 Å². The summed E-state index contributed by atoms with van der Waals surface area (Å²) in [6.45, 7) is 4.52. The minimum atomic E-state index is -2.29. The molecule has 8 rings (SSSR count). The smallest absolute Gasteiger partial charge is 0.216 e. The van der Waals surface area contributed by atoms with Crippen molar-refractivity contribution in [3.8, 4) is 22.5 Å². The van der Waals surface area contributed by atoms with Gasteiger partial charge >= 0.3 is 0 Å². The van der Waals surface area contributed by atoms with Crippen molar-refractivity contribution in [3.63, 3.8) is 0 Å². The fourth-order valence-electron chi connectivity index (χ4n) is 7.03. The second-order valence-corrected chi connectivity index (χ2v) is 19.1. The third kappa shape index (κ3) is 8.14. The first kappa shape index (κ1) is 28.3. The van der Waals surface area contributed by atoms with E-state index >= 15 is 0 Å². The quantitative estimate of drug-likeness (QED) is 0.124. The first-order chi connectivity index (χ1) is 25.6. The summed E-state index contributed by atoms with van der Waals surface area (Å²) >= 11 is 0. The molecule has 4 aromatic heterocycles. The van der Waals surface area contributed by atoms with Crippen molar-refractivity contribution in [1.29, 1.82) is 0 Å². The number of benzene rings is 2. The van der Waals surface area contributed by atoms with Crippen LogP contribution < -0.4 is 5.19 Å². The average molecular weight is 848 g/mol. The van der Waals surface area contributed by atoms with Crippen LogP contribution in [0.4, 0.5) is 0 Å². The summed E-state index contributed by atoms with van der Waals surface area (Å²) in [6, 6.07) is 27.1. The monoisotopic (exact) mass is 848 g/mol. The van der Waals surface area contributed by atoms with Gasteiger partial charge in [0.15, 0.2) is 0 Å². The third-order valence-electron chi connectivity index (χ3n) is 9.59. The summed E-state index contributed by atoms with van der Waals surface area (Å²) in [7, 11) is -1.68. The van der Waals surface area contributed by atoms with Crippen molar-refractivity contribution in [3.05, 3.63) is 108 Å². The fourth-order valence-corrected chi connectivity index (χ4v) is 8.43. The normalized spacial score (nSPS) is 18.6. The number of aromatic nitrogens is 3. The Hall–Kier alpha value is -3.44. The largest absolute Gasteiger partial charge is 0.486 e. The van der Waals surface area contributed by atoms with Gasteiger partial charge in [0.1, 0.15) is 0 Å². The first-order valence-electron chi connectivity index (χ1n) is 20.3. The molecule has 0 saturated heterocycles. The van der Waals surface area contributed by atoms with Crippen molar-refractivity contribution >= 4 is 35.3 Å². The summed E-state index contributed by atoms with van der Waals surface area (Å²) < 4.78 is 55.5. The zero-order valence-electron chi connectivity index (χ0n) is 34.5. The predicted molar refractivity (Wildman–Crippen MR) is 201 cm³/mol. The van der Waals surface area contributed by atoms with Crippen LogP contribution in [0.2, 0.25) is 19.6 Å². The predicted octanol–water partition coefficient (Wildman–Crippen LogP) is 11.0. The van der Waals surface area contributed by atoms with E-state index in [0.717, 1.165) is 89.7 Å². The number of furan rings is 1. The van der Waals surface area contributed by atoms with Gasteiger partial charge in [-0.25, -0.2) is 4.98 Å². The Kier molecular flexibility index (Phi) is 9.02. The second-order valence-electron chi connectivity index (χ2n) is 14.1. The van der Waals surface area contributed by atoms with Gasteiger partial charge in [0.25, 0.3) is 0 Å². The Balaban J connectivity index is 0.000000188. The van der Waals surface area contributed by atoms with Crippen LogP contribution in [-0.2, 0) is 26.5 Å². The Labute approximate surface area is 315 Å². The van der Waals surface area contributed by atoms with Crippen LogP contribution in [0.25, 0.3) is 44.6 Å². The molecule has 2 aromatic carbocycles. The molecule has 2 aliphatic rings. The van der Waals surface area contributed by atoms with Crippen LogP contribution in [0.1, 0.15) is 88.7 Å². The van der Waals surface area contributed by atoms with E-state index in [4.69, 9.17) is 12.6 Å². The van der Waals surface area contributed by atoms with Gasteiger partial charge in [-0.15, -0.1) is 54.1 Å². The molecule has 255 valence electrons. The number of fused-ring (bicyclic) bond motifs is 3. The van der Waals surface area contributed by atoms with Gasteiger partial charge in [-0.05, 0) is 72.7 Å². The van der Waals surface area contributed by atoms with Crippen molar-refractivity contribution in [2.24, 2.45) is 5.92 Å². The van der Waals surface area contributed by atoms with Crippen LogP contribution in [0.3, 0.4) is 0 Å². The summed E-state index contributed by atoms with van der Waals surface area (Å²) in [4.78, 5) is 13.4. The van der Waals surface area contributed by atoms with Crippen molar-refractivity contribution in [2.45, 2.75) is 96.5 Å². The van der Waals surface area contributed by atoms with E-state index in [1.165, 1.54) is 12.5 Å². The molecule has 4 nitrogen and oxygen atoms in total. The zero-order chi connectivity index (χ0) is 38.3. The minimum absolute atomic E-state index is 0. The third-order valence-corrected chi connectivity index (χ3v) is 11.6.